The summed E-state index contributed by atoms with van der Waals surface area (Å²) in [4.78, 5) is 45.9. The van der Waals surface area contributed by atoms with Gasteiger partial charge in [-0.3, -0.25) is 29.5 Å². The second-order valence-corrected chi connectivity index (χ2v) is 17.8. The van der Waals surface area contributed by atoms with Crippen molar-refractivity contribution >= 4 is 45.7 Å². The van der Waals surface area contributed by atoms with E-state index in [0.29, 0.717) is 24.2 Å². The Bertz CT molecular complexity index is 2220. The number of benzene rings is 3. The Morgan fingerprint density at radius 2 is 1.44 bits per heavy atom. The lowest BCUT2D eigenvalue weighted by Crippen LogP contribution is -2.50. The van der Waals surface area contributed by atoms with Crippen LogP contribution in [0.4, 0.5) is 30.4 Å². The maximum atomic E-state index is 13.6. The summed E-state index contributed by atoms with van der Waals surface area (Å²) in [7, 11) is 0. The minimum absolute atomic E-state index is 0.0941. The van der Waals surface area contributed by atoms with Gasteiger partial charge in [-0.15, -0.1) is 5.10 Å². The molecule has 0 saturated carbocycles. The second-order valence-electron chi connectivity index (χ2n) is 17.8. The summed E-state index contributed by atoms with van der Waals surface area (Å²) >= 11 is 0. The fraction of sp³-hybridized carbons (Fsp3) is 0.531. The molecule has 4 aromatic rings. The molecule has 3 aromatic carbocycles. The highest BCUT2D eigenvalue weighted by atomic mass is 19.4. The molecule has 4 heterocycles. The number of aromatic nitrogens is 2. The SMILES string of the molecule is Cc1c(C(C)Nc2nnc(C)c3ccc(N4CCN(CCCCCCCCCN5CCN(C(=O)CNc6ccc(C7CCC(=O)NC7=O)cc6)CC5)CC4)cc23)cccc1C(F)(F)F. The fourth-order valence-corrected chi connectivity index (χ4v) is 9.43. The highest BCUT2D eigenvalue weighted by molar-refractivity contribution is 6.01. The van der Waals surface area contributed by atoms with Crippen molar-refractivity contribution in [3.63, 3.8) is 0 Å². The third-order valence-corrected chi connectivity index (χ3v) is 13.4. The quantitative estimate of drug-likeness (QED) is 0.0668. The maximum absolute atomic E-state index is 13.6. The molecule has 7 rings (SSSR count). The molecule has 3 saturated heterocycles. The van der Waals surface area contributed by atoms with Gasteiger partial charge in [0.15, 0.2) is 5.82 Å². The number of hydrogen-bond acceptors (Lipinski definition) is 10. The molecule has 3 amide bonds. The lowest BCUT2D eigenvalue weighted by Gasteiger charge is -2.36. The van der Waals surface area contributed by atoms with Gasteiger partial charge in [-0.25, -0.2) is 0 Å². The molecule has 15 heteroatoms. The molecular weight excluding hydrogens is 820 g/mol. The van der Waals surface area contributed by atoms with Crippen LogP contribution in [0.1, 0.15) is 105 Å². The minimum atomic E-state index is -4.41. The summed E-state index contributed by atoms with van der Waals surface area (Å²) in [6.45, 7) is 14.9. The number of amides is 3. The van der Waals surface area contributed by atoms with Crippen molar-refractivity contribution < 1.29 is 27.6 Å². The summed E-state index contributed by atoms with van der Waals surface area (Å²) in [5.74, 6) is -0.121. The molecule has 0 bridgehead atoms. The van der Waals surface area contributed by atoms with Crippen molar-refractivity contribution in [2.24, 2.45) is 0 Å². The van der Waals surface area contributed by atoms with Gasteiger partial charge in [0.1, 0.15) is 0 Å². The Balaban J connectivity index is 0.737. The number of rotatable bonds is 18. The number of halogens is 3. The average Bonchev–Trinajstić information content (AvgIpc) is 3.29. The zero-order valence-corrected chi connectivity index (χ0v) is 37.6. The van der Waals surface area contributed by atoms with Gasteiger partial charge in [-0.05, 0) is 100 Å². The van der Waals surface area contributed by atoms with Crippen LogP contribution in [0.5, 0.6) is 0 Å². The van der Waals surface area contributed by atoms with Crippen LogP contribution in [0.15, 0.2) is 60.7 Å². The van der Waals surface area contributed by atoms with Crippen molar-refractivity contribution in [2.75, 3.05) is 87.5 Å². The van der Waals surface area contributed by atoms with Gasteiger partial charge in [0.05, 0.1) is 29.8 Å². The monoisotopic (exact) mass is 884 g/mol. The fourth-order valence-electron chi connectivity index (χ4n) is 9.43. The van der Waals surface area contributed by atoms with E-state index in [2.05, 4.69) is 59.0 Å². The largest absolute Gasteiger partial charge is 0.416 e. The van der Waals surface area contributed by atoms with Gasteiger partial charge in [0.2, 0.25) is 17.7 Å². The normalized spacial score (nSPS) is 18.3. The molecule has 12 nitrogen and oxygen atoms in total. The highest BCUT2D eigenvalue weighted by Gasteiger charge is 2.33. The molecule has 3 aliphatic rings. The molecule has 64 heavy (non-hydrogen) atoms. The van der Waals surface area contributed by atoms with E-state index in [4.69, 9.17) is 0 Å². The van der Waals surface area contributed by atoms with E-state index in [1.165, 1.54) is 57.9 Å². The molecule has 1 aromatic heterocycles. The Labute approximate surface area is 375 Å². The Morgan fingerprint density at radius 3 is 2.08 bits per heavy atom. The lowest BCUT2D eigenvalue weighted by molar-refractivity contribution is -0.138. The first-order valence-corrected chi connectivity index (χ1v) is 23.2. The third-order valence-electron chi connectivity index (χ3n) is 13.4. The van der Waals surface area contributed by atoms with Gasteiger partial charge in [0, 0.05) is 80.9 Å². The zero-order valence-electron chi connectivity index (χ0n) is 37.6. The number of alkyl halides is 3. The van der Waals surface area contributed by atoms with E-state index in [-0.39, 0.29) is 35.7 Å². The van der Waals surface area contributed by atoms with Crippen LogP contribution in [0, 0.1) is 13.8 Å². The van der Waals surface area contributed by atoms with Crippen molar-refractivity contribution in [3.8, 4) is 0 Å². The smallest absolute Gasteiger partial charge is 0.376 e. The molecule has 344 valence electrons. The number of piperidine rings is 1. The Kier molecular flexibility index (Phi) is 15.8. The first-order valence-electron chi connectivity index (χ1n) is 23.2. The summed E-state index contributed by atoms with van der Waals surface area (Å²) in [6.07, 6.45) is 5.13. The average molecular weight is 884 g/mol. The zero-order chi connectivity index (χ0) is 45.2. The molecule has 3 aliphatic heterocycles. The van der Waals surface area contributed by atoms with Crippen LogP contribution in [-0.2, 0) is 20.6 Å². The van der Waals surface area contributed by atoms with Crippen LogP contribution in [-0.4, -0.2) is 115 Å². The van der Waals surface area contributed by atoms with E-state index >= 15 is 0 Å². The summed E-state index contributed by atoms with van der Waals surface area (Å²) in [5, 5.41) is 19.7. The van der Waals surface area contributed by atoms with Crippen LogP contribution >= 0.6 is 0 Å². The molecule has 0 aliphatic carbocycles. The van der Waals surface area contributed by atoms with Crippen molar-refractivity contribution in [1.82, 2.24) is 30.2 Å². The van der Waals surface area contributed by atoms with E-state index in [1.807, 2.05) is 43.0 Å². The lowest BCUT2D eigenvalue weighted by atomic mass is 9.90. The van der Waals surface area contributed by atoms with Crippen molar-refractivity contribution in [1.29, 1.82) is 0 Å². The number of hydrogen-bond donors (Lipinski definition) is 3. The Hall–Kier alpha value is -5.28. The first-order chi connectivity index (χ1) is 30.8. The van der Waals surface area contributed by atoms with Crippen LogP contribution in [0.2, 0.25) is 0 Å². The van der Waals surface area contributed by atoms with Crippen molar-refractivity contribution in [3.05, 3.63) is 88.6 Å². The number of aryl methyl sites for hydroxylation is 1. The number of carbonyl (C=O) groups is 3. The number of carbonyl (C=O) groups excluding carboxylic acids is 3. The number of unbranched alkanes of at least 4 members (excludes halogenated alkanes) is 6. The molecule has 0 radical (unpaired) electrons. The number of nitrogens with zero attached hydrogens (tertiary/aromatic N) is 6. The van der Waals surface area contributed by atoms with Crippen LogP contribution in [0.25, 0.3) is 10.8 Å². The van der Waals surface area contributed by atoms with Gasteiger partial charge in [0.25, 0.3) is 0 Å². The molecule has 3 fully saturated rings. The molecular formula is C49H64F3N9O3. The van der Waals surface area contributed by atoms with E-state index < -0.39 is 17.8 Å². The van der Waals surface area contributed by atoms with Gasteiger partial charge < -0.3 is 20.4 Å². The minimum Gasteiger partial charge on any atom is -0.376 e. The predicted molar refractivity (Wildman–Crippen MR) is 247 cm³/mol. The van der Waals surface area contributed by atoms with Crippen LogP contribution < -0.4 is 20.9 Å². The molecule has 2 unspecified atom stereocenters. The first kappa shape index (κ1) is 46.7. The Morgan fingerprint density at radius 1 is 0.797 bits per heavy atom. The maximum Gasteiger partial charge on any atom is 0.416 e. The number of nitrogens with one attached hydrogen (secondary N) is 3. The van der Waals surface area contributed by atoms with Gasteiger partial charge >= 0.3 is 6.18 Å². The summed E-state index contributed by atoms with van der Waals surface area (Å²) in [6, 6.07) is 17.8. The standard InChI is InChI=1S/C49H64F3N9O3/c1-34-40(12-11-13-44(34)49(50,51)52)35(2)54-47-43-32-39(18-19-41(43)36(3)56-57-47)60-28-24-58(25-29-60)22-9-7-5-4-6-8-10-23-59-26-30-61(31-27-59)46(63)33-53-38-16-14-37(15-17-38)42-20-21-45(62)55-48(42)64/h11-19,32,35,42,53H,4-10,20-31,33H2,1-3H3,(H,54,57)(H,55,62,64). The predicted octanol–water partition coefficient (Wildman–Crippen LogP) is 8.07. The van der Waals surface area contributed by atoms with Gasteiger partial charge in [-0.2, -0.15) is 18.3 Å². The van der Waals surface area contributed by atoms with Gasteiger partial charge in [-0.1, -0.05) is 62.4 Å². The number of fused-ring (bicyclic) bond motifs is 1. The summed E-state index contributed by atoms with van der Waals surface area (Å²) < 4.78 is 40.9. The van der Waals surface area contributed by atoms with Crippen molar-refractivity contribution in [2.45, 2.75) is 96.7 Å². The molecule has 2 atom stereocenters. The third kappa shape index (κ3) is 12.1. The molecule has 0 spiro atoms. The number of imide groups is 1. The van der Waals surface area contributed by atoms with E-state index in [0.717, 1.165) is 105 Å². The topological polar surface area (TPSA) is 126 Å². The van der Waals surface area contributed by atoms with E-state index in [1.54, 1.807) is 6.07 Å². The summed E-state index contributed by atoms with van der Waals surface area (Å²) in [5.41, 5.74) is 3.80. The molecule has 3 N–H and O–H groups in total. The number of piperazine rings is 2. The van der Waals surface area contributed by atoms with E-state index in [9.17, 15) is 27.6 Å². The highest BCUT2D eigenvalue weighted by Crippen LogP contribution is 2.36. The van der Waals surface area contributed by atoms with Crippen LogP contribution in [0.3, 0.4) is 0 Å². The number of anilines is 3. The second kappa shape index (κ2) is 21.6.